The van der Waals surface area contributed by atoms with Crippen molar-refractivity contribution >= 4 is 11.7 Å². The maximum Gasteiger partial charge on any atom is 0.356 e. The van der Waals surface area contributed by atoms with E-state index in [0.29, 0.717) is 17.7 Å². The zero-order valence-electron chi connectivity index (χ0n) is 13.1. The first kappa shape index (κ1) is 15.8. The highest BCUT2D eigenvalue weighted by atomic mass is 16.5. The van der Waals surface area contributed by atoms with Crippen LogP contribution in [0.1, 0.15) is 37.2 Å². The van der Waals surface area contributed by atoms with Crippen LogP contribution >= 0.6 is 0 Å². The summed E-state index contributed by atoms with van der Waals surface area (Å²) in [6.45, 7) is 7.57. The highest BCUT2D eigenvalue weighted by molar-refractivity contribution is 5.88. The van der Waals surface area contributed by atoms with Crippen LogP contribution in [-0.4, -0.2) is 43.7 Å². The van der Waals surface area contributed by atoms with E-state index in [9.17, 15) is 4.79 Å². The molecule has 1 aliphatic heterocycles. The van der Waals surface area contributed by atoms with Gasteiger partial charge in [0.2, 0.25) is 0 Å². The highest BCUT2D eigenvalue weighted by Gasteiger charge is 2.20. The fourth-order valence-corrected chi connectivity index (χ4v) is 2.77. The van der Waals surface area contributed by atoms with E-state index in [2.05, 4.69) is 29.0 Å². The summed E-state index contributed by atoms with van der Waals surface area (Å²) < 4.78 is 4.75. The quantitative estimate of drug-likeness (QED) is 0.842. The topological polar surface area (TPSA) is 54.5 Å². The molecule has 0 spiro atoms. The van der Waals surface area contributed by atoms with Crippen molar-refractivity contribution < 1.29 is 9.53 Å². The van der Waals surface area contributed by atoms with E-state index in [1.165, 1.54) is 20.0 Å². The molecule has 21 heavy (non-hydrogen) atoms. The van der Waals surface area contributed by atoms with Crippen LogP contribution in [0.5, 0.6) is 0 Å². The number of piperidine rings is 1. The second-order valence-corrected chi connectivity index (χ2v) is 5.83. The average molecular weight is 291 g/mol. The Morgan fingerprint density at radius 1 is 1.48 bits per heavy atom. The molecule has 0 aromatic carbocycles. The Bertz CT molecular complexity index is 470. The van der Waals surface area contributed by atoms with Gasteiger partial charge in [0.05, 0.1) is 7.11 Å². The number of anilines is 1. The molecule has 1 aliphatic rings. The minimum Gasteiger partial charge on any atom is -0.464 e. The first-order chi connectivity index (χ1) is 10.1. The lowest BCUT2D eigenvalue weighted by molar-refractivity contribution is 0.0594. The van der Waals surface area contributed by atoms with Crippen LogP contribution in [0, 0.1) is 5.92 Å². The SMILES string of the molecule is COC(=O)c1cc(N(CC2CCNCC2)C(C)C)ccn1. The number of carbonyl (C=O) groups excluding carboxylic acids is 1. The van der Waals surface area contributed by atoms with Crippen LogP contribution in [0.25, 0.3) is 0 Å². The van der Waals surface area contributed by atoms with E-state index in [4.69, 9.17) is 4.74 Å². The summed E-state index contributed by atoms with van der Waals surface area (Å²) in [6, 6.07) is 4.17. The van der Waals surface area contributed by atoms with Gasteiger partial charge in [-0.1, -0.05) is 0 Å². The maximum absolute atomic E-state index is 11.6. The summed E-state index contributed by atoms with van der Waals surface area (Å²) >= 11 is 0. The minimum atomic E-state index is -0.387. The normalized spacial score (nSPS) is 16.0. The van der Waals surface area contributed by atoms with Crippen molar-refractivity contribution in [2.45, 2.75) is 32.7 Å². The molecule has 2 heterocycles. The van der Waals surface area contributed by atoms with E-state index in [-0.39, 0.29) is 5.97 Å². The molecule has 0 amide bonds. The number of methoxy groups -OCH3 is 1. The predicted molar refractivity (Wildman–Crippen MR) is 83.7 cm³/mol. The fourth-order valence-electron chi connectivity index (χ4n) is 2.77. The molecule has 116 valence electrons. The van der Waals surface area contributed by atoms with Crippen molar-refractivity contribution in [3.05, 3.63) is 24.0 Å². The number of ether oxygens (including phenoxy) is 1. The standard InChI is InChI=1S/C16H25N3O2/c1-12(2)19(11-13-4-7-17-8-5-13)14-6-9-18-15(10-14)16(20)21-3/h6,9-10,12-13,17H,4-5,7-8,11H2,1-3H3. The third-order valence-corrected chi connectivity index (χ3v) is 4.01. The van der Waals surface area contributed by atoms with E-state index < -0.39 is 0 Å². The number of rotatable bonds is 5. The van der Waals surface area contributed by atoms with Gasteiger partial charge in [-0.15, -0.1) is 0 Å². The molecular weight excluding hydrogens is 266 g/mol. The highest BCUT2D eigenvalue weighted by Crippen LogP contribution is 2.22. The number of nitrogens with one attached hydrogen (secondary N) is 1. The maximum atomic E-state index is 11.6. The molecule has 0 unspecified atom stereocenters. The van der Waals surface area contributed by atoms with Crippen LogP contribution in [0.4, 0.5) is 5.69 Å². The summed E-state index contributed by atoms with van der Waals surface area (Å²) in [6.07, 6.45) is 4.09. The Hall–Kier alpha value is -1.62. The van der Waals surface area contributed by atoms with Gasteiger partial charge < -0.3 is 15.0 Å². The monoisotopic (exact) mass is 291 g/mol. The molecule has 1 N–H and O–H groups in total. The number of aromatic nitrogens is 1. The molecule has 1 saturated heterocycles. The minimum absolute atomic E-state index is 0.367. The first-order valence-electron chi connectivity index (χ1n) is 7.63. The van der Waals surface area contributed by atoms with Crippen LogP contribution in [-0.2, 0) is 4.74 Å². The first-order valence-corrected chi connectivity index (χ1v) is 7.63. The smallest absolute Gasteiger partial charge is 0.356 e. The third kappa shape index (κ3) is 4.17. The summed E-state index contributed by atoms with van der Waals surface area (Å²) in [5, 5.41) is 3.40. The van der Waals surface area contributed by atoms with Gasteiger partial charge in [-0.05, 0) is 57.8 Å². The molecule has 0 atom stereocenters. The second-order valence-electron chi connectivity index (χ2n) is 5.83. The zero-order valence-corrected chi connectivity index (χ0v) is 13.1. The van der Waals surface area contributed by atoms with Gasteiger partial charge in [0, 0.05) is 24.5 Å². The van der Waals surface area contributed by atoms with E-state index in [0.717, 1.165) is 25.3 Å². The molecule has 2 rings (SSSR count). The van der Waals surface area contributed by atoms with Gasteiger partial charge in [0.25, 0.3) is 0 Å². The Morgan fingerprint density at radius 2 is 2.19 bits per heavy atom. The lowest BCUT2D eigenvalue weighted by Crippen LogP contribution is -2.39. The summed E-state index contributed by atoms with van der Waals surface area (Å²) in [5.41, 5.74) is 1.41. The van der Waals surface area contributed by atoms with Crippen molar-refractivity contribution in [1.29, 1.82) is 0 Å². The number of hydrogen-bond donors (Lipinski definition) is 1. The van der Waals surface area contributed by atoms with E-state index in [1.807, 2.05) is 12.1 Å². The Morgan fingerprint density at radius 3 is 2.81 bits per heavy atom. The Balaban J connectivity index is 2.15. The third-order valence-electron chi connectivity index (χ3n) is 4.01. The summed E-state index contributed by atoms with van der Waals surface area (Å²) in [4.78, 5) is 18.1. The molecule has 1 fully saturated rings. The molecule has 1 aromatic heterocycles. The fraction of sp³-hybridized carbons (Fsp3) is 0.625. The number of pyridine rings is 1. The van der Waals surface area contributed by atoms with Crippen LogP contribution in [0.2, 0.25) is 0 Å². The van der Waals surface area contributed by atoms with Crippen molar-refractivity contribution in [2.75, 3.05) is 31.6 Å². The van der Waals surface area contributed by atoms with Gasteiger partial charge in [0.1, 0.15) is 5.69 Å². The van der Waals surface area contributed by atoms with E-state index in [1.54, 1.807) is 6.20 Å². The number of esters is 1. The average Bonchev–Trinajstić information content (AvgIpc) is 2.52. The molecule has 5 heteroatoms. The molecule has 0 aliphatic carbocycles. The Kier molecular flexibility index (Phi) is 5.56. The van der Waals surface area contributed by atoms with Crippen LogP contribution in [0.15, 0.2) is 18.3 Å². The lowest BCUT2D eigenvalue weighted by atomic mass is 9.96. The molecule has 0 saturated carbocycles. The van der Waals surface area contributed by atoms with Gasteiger partial charge >= 0.3 is 5.97 Å². The second kappa shape index (κ2) is 7.41. The Labute approximate surface area is 126 Å². The largest absolute Gasteiger partial charge is 0.464 e. The van der Waals surface area contributed by atoms with Gasteiger partial charge in [-0.25, -0.2) is 9.78 Å². The molecule has 0 radical (unpaired) electrons. The lowest BCUT2D eigenvalue weighted by Gasteiger charge is -2.34. The zero-order chi connectivity index (χ0) is 15.2. The number of carbonyl (C=O) groups is 1. The van der Waals surface area contributed by atoms with Gasteiger partial charge in [-0.2, -0.15) is 0 Å². The molecule has 0 bridgehead atoms. The molecular formula is C16H25N3O2. The number of hydrogen-bond acceptors (Lipinski definition) is 5. The number of nitrogens with zero attached hydrogens (tertiary/aromatic N) is 2. The molecule has 5 nitrogen and oxygen atoms in total. The summed E-state index contributed by atoms with van der Waals surface area (Å²) in [7, 11) is 1.38. The van der Waals surface area contributed by atoms with Crippen LogP contribution < -0.4 is 10.2 Å². The van der Waals surface area contributed by atoms with Crippen molar-refractivity contribution in [3.63, 3.8) is 0 Å². The van der Waals surface area contributed by atoms with E-state index >= 15 is 0 Å². The molecule has 1 aromatic rings. The summed E-state index contributed by atoms with van der Waals surface area (Å²) in [5.74, 6) is 0.311. The van der Waals surface area contributed by atoms with Crippen LogP contribution in [0.3, 0.4) is 0 Å². The van der Waals surface area contributed by atoms with Gasteiger partial charge in [0.15, 0.2) is 0 Å². The van der Waals surface area contributed by atoms with Crippen molar-refractivity contribution in [3.8, 4) is 0 Å². The van der Waals surface area contributed by atoms with Crippen molar-refractivity contribution in [1.82, 2.24) is 10.3 Å². The predicted octanol–water partition coefficient (Wildman–Crippen LogP) is 2.08. The van der Waals surface area contributed by atoms with Crippen molar-refractivity contribution in [2.24, 2.45) is 5.92 Å². The van der Waals surface area contributed by atoms with Gasteiger partial charge in [-0.3, -0.25) is 0 Å².